The Morgan fingerprint density at radius 2 is 1.97 bits per heavy atom. The predicted octanol–water partition coefficient (Wildman–Crippen LogP) is 3.20. The topological polar surface area (TPSA) is 91.8 Å². The van der Waals surface area contributed by atoms with E-state index in [0.29, 0.717) is 36.5 Å². The van der Waals surface area contributed by atoms with Crippen LogP contribution < -0.4 is 15.0 Å². The molecule has 3 rings (SSSR count). The molecule has 1 unspecified atom stereocenters. The van der Waals surface area contributed by atoms with Crippen molar-refractivity contribution in [2.24, 2.45) is 0 Å². The van der Waals surface area contributed by atoms with Gasteiger partial charge in [0.05, 0.1) is 12.7 Å². The minimum absolute atomic E-state index is 0.0830. The predicted molar refractivity (Wildman–Crippen MR) is 131 cm³/mol. The highest BCUT2D eigenvalue weighted by molar-refractivity contribution is 6.11. The normalized spacial score (nSPS) is 15.1. The van der Waals surface area contributed by atoms with Crippen molar-refractivity contribution in [2.75, 3.05) is 31.6 Å². The summed E-state index contributed by atoms with van der Waals surface area (Å²) in [6, 6.07) is 5.34. The number of amides is 3. The molecule has 180 valence electrons. The standard InChI is InChI=1S/C26H32N4O4/c1-7-24(31)29-10-9-20(15-29)30(8-2)23-13-21(34-6)12-22(17(23)4)26(33)28-25(32)19-11-16(3)18(5)27-14-19/h7,11-14,20H,1,8-10,15H2,2-6H3,(H,28,32,33). The van der Waals surface area contributed by atoms with Gasteiger partial charge in [-0.3, -0.25) is 24.7 Å². The first kappa shape index (κ1) is 25.0. The summed E-state index contributed by atoms with van der Waals surface area (Å²) in [5.74, 6) is -0.584. The van der Waals surface area contributed by atoms with Crippen molar-refractivity contribution in [1.82, 2.24) is 15.2 Å². The van der Waals surface area contributed by atoms with E-state index in [1.807, 2.05) is 33.8 Å². The Kier molecular flexibility index (Phi) is 7.71. The van der Waals surface area contributed by atoms with E-state index in [1.54, 1.807) is 24.1 Å². The minimum Gasteiger partial charge on any atom is -0.497 e. The summed E-state index contributed by atoms with van der Waals surface area (Å²) in [5, 5.41) is 2.48. The van der Waals surface area contributed by atoms with Crippen molar-refractivity contribution in [3.05, 3.63) is 65.0 Å². The summed E-state index contributed by atoms with van der Waals surface area (Å²) in [6.45, 7) is 13.1. The molecular weight excluding hydrogens is 432 g/mol. The molecule has 8 heteroatoms. The van der Waals surface area contributed by atoms with Gasteiger partial charge in [0.1, 0.15) is 5.75 Å². The van der Waals surface area contributed by atoms with E-state index in [1.165, 1.54) is 12.3 Å². The molecule has 1 fully saturated rings. The van der Waals surface area contributed by atoms with Crippen molar-refractivity contribution in [3.63, 3.8) is 0 Å². The van der Waals surface area contributed by atoms with Crippen LogP contribution in [0.5, 0.6) is 5.75 Å². The lowest BCUT2D eigenvalue weighted by Crippen LogP contribution is -2.39. The number of rotatable bonds is 7. The maximum Gasteiger partial charge on any atom is 0.259 e. The average Bonchev–Trinajstić information content (AvgIpc) is 3.31. The van der Waals surface area contributed by atoms with Gasteiger partial charge in [-0.25, -0.2) is 0 Å². The number of hydrogen-bond donors (Lipinski definition) is 1. The molecule has 8 nitrogen and oxygen atoms in total. The second kappa shape index (κ2) is 10.5. The Hall–Kier alpha value is -3.68. The average molecular weight is 465 g/mol. The first-order valence-electron chi connectivity index (χ1n) is 11.4. The van der Waals surface area contributed by atoms with E-state index in [-0.39, 0.29) is 11.9 Å². The molecule has 1 N–H and O–H groups in total. The Balaban J connectivity index is 1.89. The molecule has 0 bridgehead atoms. The van der Waals surface area contributed by atoms with E-state index in [9.17, 15) is 14.4 Å². The number of likely N-dealkylation sites (tertiary alicyclic amines) is 1. The van der Waals surface area contributed by atoms with Crippen LogP contribution >= 0.6 is 0 Å². The molecule has 0 radical (unpaired) electrons. The molecule has 1 aromatic heterocycles. The molecule has 1 saturated heterocycles. The Morgan fingerprint density at radius 3 is 2.59 bits per heavy atom. The van der Waals surface area contributed by atoms with Gasteiger partial charge in [-0.2, -0.15) is 0 Å². The summed E-state index contributed by atoms with van der Waals surface area (Å²) in [4.78, 5) is 46.1. The number of carbonyl (C=O) groups excluding carboxylic acids is 3. The monoisotopic (exact) mass is 464 g/mol. The molecule has 0 aliphatic carbocycles. The van der Waals surface area contributed by atoms with Crippen LogP contribution in [-0.4, -0.2) is 60.4 Å². The second-order valence-electron chi connectivity index (χ2n) is 8.45. The first-order chi connectivity index (χ1) is 16.2. The summed E-state index contributed by atoms with van der Waals surface area (Å²) in [7, 11) is 1.54. The van der Waals surface area contributed by atoms with E-state index in [4.69, 9.17) is 4.74 Å². The summed E-state index contributed by atoms with van der Waals surface area (Å²) in [6.07, 6.45) is 3.61. The third-order valence-electron chi connectivity index (χ3n) is 6.40. The second-order valence-corrected chi connectivity index (χ2v) is 8.45. The molecule has 1 aliphatic rings. The van der Waals surface area contributed by atoms with Gasteiger partial charge in [0.25, 0.3) is 11.8 Å². The van der Waals surface area contributed by atoms with Crippen molar-refractivity contribution >= 4 is 23.4 Å². The van der Waals surface area contributed by atoms with Gasteiger partial charge in [-0.15, -0.1) is 0 Å². The number of nitrogens with zero attached hydrogens (tertiary/aromatic N) is 3. The van der Waals surface area contributed by atoms with E-state index >= 15 is 0 Å². The minimum atomic E-state index is -0.508. The van der Waals surface area contributed by atoms with Crippen molar-refractivity contribution in [1.29, 1.82) is 0 Å². The van der Waals surface area contributed by atoms with Gasteiger partial charge in [0.2, 0.25) is 5.91 Å². The fourth-order valence-electron chi connectivity index (χ4n) is 4.29. The zero-order chi connectivity index (χ0) is 25.0. The van der Waals surface area contributed by atoms with Gasteiger partial charge < -0.3 is 14.5 Å². The number of nitrogens with one attached hydrogen (secondary N) is 1. The number of carbonyl (C=O) groups is 3. The molecule has 0 spiro atoms. The first-order valence-corrected chi connectivity index (χ1v) is 11.4. The van der Waals surface area contributed by atoms with E-state index in [0.717, 1.165) is 28.9 Å². The van der Waals surface area contributed by atoms with Gasteiger partial charge >= 0.3 is 0 Å². The summed E-state index contributed by atoms with van der Waals surface area (Å²) in [5.41, 5.74) is 3.96. The van der Waals surface area contributed by atoms with Crippen LogP contribution in [0.2, 0.25) is 0 Å². The molecule has 2 aromatic rings. The molecule has 0 saturated carbocycles. The SMILES string of the molecule is C=CC(=O)N1CCC(N(CC)c2cc(OC)cc(C(=O)NC(=O)c3cnc(C)c(C)c3)c2C)C1. The molecule has 2 heterocycles. The maximum atomic E-state index is 13.1. The number of aryl methyl sites for hydroxylation is 2. The largest absolute Gasteiger partial charge is 0.497 e. The number of methoxy groups -OCH3 is 1. The lowest BCUT2D eigenvalue weighted by Gasteiger charge is -2.32. The number of anilines is 1. The number of aromatic nitrogens is 1. The smallest absolute Gasteiger partial charge is 0.259 e. The highest BCUT2D eigenvalue weighted by Crippen LogP contribution is 2.32. The maximum absolute atomic E-state index is 13.1. The van der Waals surface area contributed by atoms with E-state index < -0.39 is 11.8 Å². The molecule has 1 atom stereocenters. The fourth-order valence-corrected chi connectivity index (χ4v) is 4.29. The van der Waals surface area contributed by atoms with Crippen LogP contribution in [0.25, 0.3) is 0 Å². The van der Waals surface area contributed by atoms with Gasteiger partial charge in [0.15, 0.2) is 0 Å². The van der Waals surface area contributed by atoms with Crippen molar-refractivity contribution in [3.8, 4) is 5.75 Å². The number of likely N-dealkylation sites (N-methyl/N-ethyl adjacent to an activating group) is 1. The highest BCUT2D eigenvalue weighted by Gasteiger charge is 2.31. The number of imide groups is 1. The van der Waals surface area contributed by atoms with Crippen LogP contribution in [0.15, 0.2) is 37.1 Å². The lowest BCUT2D eigenvalue weighted by molar-refractivity contribution is -0.125. The van der Waals surface area contributed by atoms with Crippen LogP contribution in [0.3, 0.4) is 0 Å². The van der Waals surface area contributed by atoms with Crippen LogP contribution in [-0.2, 0) is 4.79 Å². The van der Waals surface area contributed by atoms with Crippen molar-refractivity contribution < 1.29 is 19.1 Å². The van der Waals surface area contributed by atoms with Gasteiger partial charge in [-0.05, 0) is 63.5 Å². The van der Waals surface area contributed by atoms with Gasteiger partial charge in [-0.1, -0.05) is 6.58 Å². The van der Waals surface area contributed by atoms with Crippen LogP contribution in [0.4, 0.5) is 5.69 Å². The summed E-state index contributed by atoms with van der Waals surface area (Å²) < 4.78 is 5.47. The Bertz CT molecular complexity index is 1130. The quantitative estimate of drug-likeness (QED) is 0.500. The Morgan fingerprint density at radius 1 is 1.24 bits per heavy atom. The number of ether oxygens (including phenoxy) is 1. The molecule has 34 heavy (non-hydrogen) atoms. The van der Waals surface area contributed by atoms with E-state index in [2.05, 4.69) is 21.8 Å². The molecule has 1 aromatic carbocycles. The Labute approximate surface area is 200 Å². The zero-order valence-electron chi connectivity index (χ0n) is 20.5. The number of hydrogen-bond acceptors (Lipinski definition) is 6. The third-order valence-corrected chi connectivity index (χ3v) is 6.40. The summed E-state index contributed by atoms with van der Waals surface area (Å²) >= 11 is 0. The molecule has 3 amide bonds. The number of pyridine rings is 1. The van der Waals surface area contributed by atoms with Crippen LogP contribution in [0, 0.1) is 20.8 Å². The fraction of sp³-hybridized carbons (Fsp3) is 0.385. The zero-order valence-corrected chi connectivity index (χ0v) is 20.5. The third kappa shape index (κ3) is 5.11. The molecular formula is C26H32N4O4. The van der Waals surface area contributed by atoms with Crippen LogP contribution in [0.1, 0.15) is 50.9 Å². The highest BCUT2D eigenvalue weighted by atomic mass is 16.5. The molecule has 1 aliphatic heterocycles. The lowest BCUT2D eigenvalue weighted by atomic mass is 10.0. The van der Waals surface area contributed by atoms with Crippen molar-refractivity contribution in [2.45, 2.75) is 40.2 Å². The van der Waals surface area contributed by atoms with Gasteiger partial charge in [0, 0.05) is 54.9 Å². The number of benzene rings is 1.